The monoisotopic (exact) mass is 361 g/mol. The first-order chi connectivity index (χ1) is 13.2. The topological polar surface area (TPSA) is 56.8 Å². The molecule has 1 aliphatic rings. The lowest BCUT2D eigenvalue weighted by molar-refractivity contribution is 0.0951. The minimum Gasteiger partial charge on any atom is -0.496 e. The molecule has 1 aliphatic heterocycles. The third kappa shape index (κ3) is 3.58. The summed E-state index contributed by atoms with van der Waals surface area (Å²) in [6.07, 6.45) is 0. The van der Waals surface area contributed by atoms with Crippen molar-refractivity contribution in [2.75, 3.05) is 13.9 Å². The van der Waals surface area contributed by atoms with E-state index in [0.717, 1.165) is 28.2 Å². The predicted octanol–water partition coefficient (Wildman–Crippen LogP) is 4.02. The maximum Gasteiger partial charge on any atom is 0.251 e. The fraction of sp³-hybridized carbons (Fsp3) is 0.136. The summed E-state index contributed by atoms with van der Waals surface area (Å²) in [5, 5.41) is 2.95. The van der Waals surface area contributed by atoms with E-state index in [1.165, 1.54) is 0 Å². The molecule has 3 aromatic rings. The molecule has 0 saturated carbocycles. The van der Waals surface area contributed by atoms with Gasteiger partial charge in [-0.05, 0) is 41.5 Å². The van der Waals surface area contributed by atoms with Crippen LogP contribution in [0, 0.1) is 0 Å². The van der Waals surface area contributed by atoms with Gasteiger partial charge in [0.2, 0.25) is 6.79 Å². The van der Waals surface area contributed by atoms with E-state index in [2.05, 4.69) is 5.32 Å². The smallest absolute Gasteiger partial charge is 0.251 e. The lowest BCUT2D eigenvalue weighted by atomic mass is 10.0. The average Bonchev–Trinajstić information content (AvgIpc) is 3.20. The van der Waals surface area contributed by atoms with Crippen molar-refractivity contribution < 1.29 is 19.0 Å². The third-order valence-electron chi connectivity index (χ3n) is 4.44. The maximum atomic E-state index is 12.6. The molecular formula is C22H19NO4. The molecule has 5 heteroatoms. The van der Waals surface area contributed by atoms with Crippen LogP contribution in [0.5, 0.6) is 17.2 Å². The number of amides is 1. The predicted molar refractivity (Wildman–Crippen MR) is 102 cm³/mol. The molecule has 0 fully saturated rings. The van der Waals surface area contributed by atoms with E-state index in [1.807, 2.05) is 60.7 Å². The number of methoxy groups -OCH3 is 1. The lowest BCUT2D eigenvalue weighted by Crippen LogP contribution is -2.22. The van der Waals surface area contributed by atoms with Gasteiger partial charge in [0, 0.05) is 17.7 Å². The second-order valence-corrected chi connectivity index (χ2v) is 6.15. The zero-order valence-electron chi connectivity index (χ0n) is 14.9. The molecular weight excluding hydrogens is 342 g/mol. The Morgan fingerprint density at radius 1 is 1.00 bits per heavy atom. The van der Waals surface area contributed by atoms with Gasteiger partial charge in [-0.25, -0.2) is 0 Å². The number of rotatable bonds is 5. The lowest BCUT2D eigenvalue weighted by Gasteiger charge is -2.12. The van der Waals surface area contributed by atoms with Crippen molar-refractivity contribution in [3.8, 4) is 28.4 Å². The van der Waals surface area contributed by atoms with Gasteiger partial charge in [-0.15, -0.1) is 0 Å². The molecule has 0 aromatic heterocycles. The molecule has 0 atom stereocenters. The number of hydrogen-bond donors (Lipinski definition) is 1. The first-order valence-corrected chi connectivity index (χ1v) is 8.65. The first kappa shape index (κ1) is 17.0. The summed E-state index contributed by atoms with van der Waals surface area (Å²) in [7, 11) is 1.63. The molecule has 1 amide bonds. The highest BCUT2D eigenvalue weighted by Crippen LogP contribution is 2.33. The van der Waals surface area contributed by atoms with Gasteiger partial charge in [0.1, 0.15) is 5.75 Å². The maximum absolute atomic E-state index is 12.6. The van der Waals surface area contributed by atoms with Gasteiger partial charge in [-0.3, -0.25) is 4.79 Å². The second-order valence-electron chi connectivity index (χ2n) is 6.15. The van der Waals surface area contributed by atoms with Crippen LogP contribution in [0.15, 0.2) is 66.7 Å². The largest absolute Gasteiger partial charge is 0.496 e. The number of benzene rings is 3. The highest BCUT2D eigenvalue weighted by atomic mass is 16.7. The molecule has 1 heterocycles. The molecule has 0 spiro atoms. The van der Waals surface area contributed by atoms with Crippen molar-refractivity contribution >= 4 is 5.91 Å². The van der Waals surface area contributed by atoms with E-state index in [4.69, 9.17) is 14.2 Å². The van der Waals surface area contributed by atoms with Gasteiger partial charge >= 0.3 is 0 Å². The van der Waals surface area contributed by atoms with E-state index in [9.17, 15) is 4.79 Å². The fourth-order valence-electron chi connectivity index (χ4n) is 3.03. The normalized spacial score (nSPS) is 11.9. The number of hydrogen-bond acceptors (Lipinski definition) is 4. The Morgan fingerprint density at radius 3 is 2.63 bits per heavy atom. The van der Waals surface area contributed by atoms with Crippen molar-refractivity contribution in [2.24, 2.45) is 0 Å². The number of carbonyl (C=O) groups is 1. The zero-order chi connectivity index (χ0) is 18.6. The van der Waals surface area contributed by atoms with Crippen LogP contribution in [0.3, 0.4) is 0 Å². The van der Waals surface area contributed by atoms with Crippen molar-refractivity contribution in [3.05, 3.63) is 77.9 Å². The molecule has 1 N–H and O–H groups in total. The van der Waals surface area contributed by atoms with E-state index in [1.54, 1.807) is 13.2 Å². The summed E-state index contributed by atoms with van der Waals surface area (Å²) in [5.41, 5.74) is 3.41. The molecule has 0 aliphatic carbocycles. The molecule has 5 nitrogen and oxygen atoms in total. The summed E-state index contributed by atoms with van der Waals surface area (Å²) >= 11 is 0. The van der Waals surface area contributed by atoms with Gasteiger partial charge in [-0.1, -0.05) is 36.4 Å². The quantitative estimate of drug-likeness (QED) is 0.746. The van der Waals surface area contributed by atoms with Crippen LogP contribution in [0.1, 0.15) is 15.9 Å². The summed E-state index contributed by atoms with van der Waals surface area (Å²) < 4.78 is 16.1. The molecule has 0 unspecified atom stereocenters. The minimum atomic E-state index is -0.146. The van der Waals surface area contributed by atoms with Gasteiger partial charge in [-0.2, -0.15) is 0 Å². The zero-order valence-corrected chi connectivity index (χ0v) is 14.9. The van der Waals surface area contributed by atoms with Gasteiger partial charge in [0.25, 0.3) is 5.91 Å². The molecule has 4 rings (SSSR count). The average molecular weight is 361 g/mol. The molecule has 0 bridgehead atoms. The Balaban J connectivity index is 1.52. The van der Waals surface area contributed by atoms with Crippen molar-refractivity contribution in [3.63, 3.8) is 0 Å². The van der Waals surface area contributed by atoms with Crippen LogP contribution in [0.4, 0.5) is 0 Å². The minimum absolute atomic E-state index is 0.146. The van der Waals surface area contributed by atoms with Crippen LogP contribution in [-0.2, 0) is 6.54 Å². The van der Waals surface area contributed by atoms with Crippen molar-refractivity contribution in [1.82, 2.24) is 5.32 Å². The number of ether oxygens (including phenoxy) is 3. The van der Waals surface area contributed by atoms with E-state index >= 15 is 0 Å². The summed E-state index contributed by atoms with van der Waals surface area (Å²) in [4.78, 5) is 12.6. The second kappa shape index (κ2) is 7.41. The van der Waals surface area contributed by atoms with Crippen LogP contribution in [0.25, 0.3) is 11.1 Å². The number of nitrogens with one attached hydrogen (secondary N) is 1. The fourth-order valence-corrected chi connectivity index (χ4v) is 3.03. The molecule has 0 radical (unpaired) electrons. The van der Waals surface area contributed by atoms with Gasteiger partial charge < -0.3 is 19.5 Å². The standard InChI is InChI=1S/C22H19NO4/c1-25-19-10-8-17(12-18(19)16-5-3-2-4-6-16)22(24)23-13-15-7-9-20-21(11-15)27-14-26-20/h2-12H,13-14H2,1H3,(H,23,24). The summed E-state index contributed by atoms with van der Waals surface area (Å²) in [6, 6.07) is 20.9. The Labute approximate surface area is 157 Å². The van der Waals surface area contributed by atoms with Crippen LogP contribution in [0.2, 0.25) is 0 Å². The third-order valence-corrected chi connectivity index (χ3v) is 4.44. The van der Waals surface area contributed by atoms with Crippen LogP contribution in [-0.4, -0.2) is 19.8 Å². The Bertz CT molecular complexity index is 969. The Kier molecular flexibility index (Phi) is 4.66. The van der Waals surface area contributed by atoms with Gasteiger partial charge in [0.15, 0.2) is 11.5 Å². The van der Waals surface area contributed by atoms with Crippen molar-refractivity contribution in [2.45, 2.75) is 6.54 Å². The van der Waals surface area contributed by atoms with E-state index in [0.29, 0.717) is 17.9 Å². The molecule has 0 saturated heterocycles. The Morgan fingerprint density at radius 2 is 1.81 bits per heavy atom. The van der Waals surface area contributed by atoms with Crippen LogP contribution < -0.4 is 19.5 Å². The van der Waals surface area contributed by atoms with Crippen LogP contribution >= 0.6 is 0 Å². The van der Waals surface area contributed by atoms with E-state index < -0.39 is 0 Å². The number of carbonyl (C=O) groups excluding carboxylic acids is 1. The molecule has 136 valence electrons. The molecule has 3 aromatic carbocycles. The highest BCUT2D eigenvalue weighted by molar-refractivity contribution is 5.96. The van der Waals surface area contributed by atoms with Gasteiger partial charge in [0.05, 0.1) is 7.11 Å². The SMILES string of the molecule is COc1ccc(C(=O)NCc2ccc3c(c2)OCO3)cc1-c1ccccc1. The van der Waals surface area contributed by atoms with Crippen molar-refractivity contribution in [1.29, 1.82) is 0 Å². The van der Waals surface area contributed by atoms with E-state index in [-0.39, 0.29) is 12.7 Å². The first-order valence-electron chi connectivity index (χ1n) is 8.65. The molecule has 27 heavy (non-hydrogen) atoms. The summed E-state index contributed by atoms with van der Waals surface area (Å²) in [6.45, 7) is 0.640. The highest BCUT2D eigenvalue weighted by Gasteiger charge is 2.15. The summed E-state index contributed by atoms with van der Waals surface area (Å²) in [5.74, 6) is 2.02. The Hall–Kier alpha value is -3.47. The number of fused-ring (bicyclic) bond motifs is 1.